The van der Waals surface area contributed by atoms with Crippen LogP contribution in [0.5, 0.6) is 0 Å². The van der Waals surface area contributed by atoms with Gasteiger partial charge in [-0.2, -0.15) is 0 Å². The zero-order chi connectivity index (χ0) is 10.8. The first-order chi connectivity index (χ1) is 7.24. The Balaban J connectivity index is 0.00000128. The van der Waals surface area contributed by atoms with Crippen molar-refractivity contribution in [3.63, 3.8) is 0 Å². The second kappa shape index (κ2) is 5.60. The Morgan fingerprint density at radius 1 is 1.44 bits per heavy atom. The van der Waals surface area contributed by atoms with Gasteiger partial charge in [-0.3, -0.25) is 4.79 Å². The topological polar surface area (TPSA) is 43.4 Å². The van der Waals surface area contributed by atoms with E-state index in [0.717, 1.165) is 5.56 Å². The minimum atomic E-state index is -0.487. The largest absolute Gasteiger partial charge is 0.476 e. The van der Waals surface area contributed by atoms with Crippen molar-refractivity contribution in [2.24, 2.45) is 0 Å². The molecule has 0 saturated carbocycles. The number of hydrogen-bond acceptors (Lipinski definition) is 3. The van der Waals surface area contributed by atoms with Crippen LogP contribution in [0.25, 0.3) is 0 Å². The molecule has 0 fully saturated rings. The third-order valence-corrected chi connectivity index (χ3v) is 2.43. The van der Waals surface area contributed by atoms with Crippen LogP contribution in [0.1, 0.15) is 22.8 Å². The van der Waals surface area contributed by atoms with Crippen molar-refractivity contribution in [1.29, 1.82) is 0 Å². The summed E-state index contributed by atoms with van der Waals surface area (Å²) in [4.78, 5) is 23.2. The number of ketones is 1. The van der Waals surface area contributed by atoms with Gasteiger partial charge in [-0.25, -0.2) is 0 Å². The van der Waals surface area contributed by atoms with Crippen molar-refractivity contribution in [2.45, 2.75) is 13.3 Å². The van der Waals surface area contributed by atoms with E-state index in [1.807, 2.05) is 12.1 Å². The molecule has 0 atom stereocenters. The Morgan fingerprint density at radius 2 is 2.12 bits per heavy atom. The maximum atomic E-state index is 11.8. The monoisotopic (exact) mass is 292 g/mol. The molecule has 4 heteroatoms. The van der Waals surface area contributed by atoms with Crippen LogP contribution in [0.4, 0.5) is 0 Å². The molecule has 81 valence electrons. The maximum Gasteiger partial charge on any atom is 0.254 e. The van der Waals surface area contributed by atoms with E-state index in [4.69, 9.17) is 4.74 Å². The van der Waals surface area contributed by atoms with Gasteiger partial charge in [0.1, 0.15) is 0 Å². The van der Waals surface area contributed by atoms with Crippen LogP contribution in [0.2, 0.25) is 0 Å². The Morgan fingerprint density at radius 3 is 2.75 bits per heavy atom. The smallest absolute Gasteiger partial charge is 0.254 e. The molecule has 0 unspecified atom stereocenters. The second-order valence-corrected chi connectivity index (χ2v) is 3.36. The molecule has 1 radical (unpaired) electrons. The van der Waals surface area contributed by atoms with E-state index in [1.165, 1.54) is 0 Å². The molecule has 3 nitrogen and oxygen atoms in total. The van der Waals surface area contributed by atoms with Crippen LogP contribution in [-0.4, -0.2) is 18.4 Å². The molecule has 0 amide bonds. The van der Waals surface area contributed by atoms with Crippen LogP contribution in [-0.2, 0) is 48.7 Å². The molecular weight excluding hydrogens is 281 g/mol. The fourth-order valence-electron chi connectivity index (χ4n) is 1.71. The van der Waals surface area contributed by atoms with Gasteiger partial charge in [0.2, 0.25) is 0 Å². The van der Waals surface area contributed by atoms with Crippen molar-refractivity contribution >= 4 is 11.8 Å². The summed E-state index contributed by atoms with van der Waals surface area (Å²) in [6.45, 7) is 2.02. The minimum absolute atomic E-state index is 0. The van der Waals surface area contributed by atoms with E-state index in [2.05, 4.69) is 0 Å². The number of carbonyl (C=O) groups excluding carboxylic acids is 2. The molecule has 1 aromatic rings. The van der Waals surface area contributed by atoms with Gasteiger partial charge in [0.15, 0.2) is 0 Å². The van der Waals surface area contributed by atoms with Gasteiger partial charge in [0, 0.05) is 38.5 Å². The van der Waals surface area contributed by atoms with Gasteiger partial charge in [-0.05, 0) is 6.92 Å². The first kappa shape index (κ1) is 13.4. The summed E-state index contributed by atoms with van der Waals surface area (Å²) in [6.07, 6.45) is 0.397. The number of ether oxygens (including phenoxy) is 1. The van der Waals surface area contributed by atoms with E-state index in [1.54, 1.807) is 19.1 Å². The molecule has 0 N–H and O–H groups in total. The number of fused-ring (bicyclic) bond motifs is 1. The predicted octanol–water partition coefficient (Wildman–Crippen LogP) is 1.56. The Kier molecular flexibility index (Phi) is 4.69. The van der Waals surface area contributed by atoms with Crippen LogP contribution in [0.15, 0.2) is 24.3 Å². The third-order valence-electron chi connectivity index (χ3n) is 2.43. The summed E-state index contributed by atoms with van der Waals surface area (Å²) in [5, 5.41) is 0. The zero-order valence-electron chi connectivity index (χ0n) is 9.03. The summed E-state index contributed by atoms with van der Waals surface area (Å²) in [5.74, 6) is -0.430. The minimum Gasteiger partial charge on any atom is -0.476 e. The molecule has 1 aliphatic rings. The first-order valence-corrected chi connectivity index (χ1v) is 4.89. The molecular formula is C12H11O3Y-. The maximum absolute atomic E-state index is 11.8. The molecule has 2 rings (SSSR count). The molecule has 1 aromatic carbocycles. The van der Waals surface area contributed by atoms with Crippen molar-refractivity contribution in [3.8, 4) is 0 Å². The van der Waals surface area contributed by atoms with Gasteiger partial charge in [-0.1, -0.05) is 30.5 Å². The van der Waals surface area contributed by atoms with Gasteiger partial charge in [-0.15, -0.1) is 17.2 Å². The van der Waals surface area contributed by atoms with E-state index in [0.29, 0.717) is 18.6 Å². The van der Waals surface area contributed by atoms with Crippen LogP contribution >= 0.6 is 0 Å². The SMILES string of the molecule is CCOC(=O)[C-]1Cc2ccccc2C1=O.[Y]. The van der Waals surface area contributed by atoms with Gasteiger partial charge < -0.3 is 9.53 Å². The number of hydrogen-bond donors (Lipinski definition) is 0. The standard InChI is InChI=1S/C12H11O3.Y/c1-2-15-12(14)10-7-8-5-3-4-6-9(8)11(10)13;/h3-6H,2,7H2,1H3;/q-1;. The molecule has 0 heterocycles. The number of carbonyl (C=O) groups is 2. The average Bonchev–Trinajstić information content (AvgIpc) is 2.57. The number of esters is 1. The van der Waals surface area contributed by atoms with Crippen molar-refractivity contribution in [1.82, 2.24) is 0 Å². The quantitative estimate of drug-likeness (QED) is 0.614. The first-order valence-electron chi connectivity index (χ1n) is 4.89. The molecule has 0 saturated heterocycles. The fourth-order valence-corrected chi connectivity index (χ4v) is 1.71. The fraction of sp³-hybridized carbons (Fsp3) is 0.250. The van der Waals surface area contributed by atoms with E-state index >= 15 is 0 Å². The van der Waals surface area contributed by atoms with Gasteiger partial charge >= 0.3 is 0 Å². The zero-order valence-corrected chi connectivity index (χ0v) is 11.9. The van der Waals surface area contributed by atoms with Crippen molar-refractivity contribution in [3.05, 3.63) is 41.3 Å². The average molecular weight is 292 g/mol. The molecule has 0 aliphatic heterocycles. The van der Waals surface area contributed by atoms with Crippen LogP contribution in [0.3, 0.4) is 0 Å². The summed E-state index contributed by atoms with van der Waals surface area (Å²) in [6, 6.07) is 7.26. The van der Waals surface area contributed by atoms with Crippen LogP contribution in [0, 0.1) is 5.92 Å². The number of Topliss-reactive ketones (excluding diaryl/α,β-unsaturated/α-hetero) is 1. The van der Waals surface area contributed by atoms with E-state index < -0.39 is 5.97 Å². The van der Waals surface area contributed by atoms with Crippen LogP contribution < -0.4 is 0 Å². The predicted molar refractivity (Wildman–Crippen MR) is 54.4 cm³/mol. The second-order valence-electron chi connectivity index (χ2n) is 3.36. The summed E-state index contributed by atoms with van der Waals surface area (Å²) in [5.41, 5.74) is 1.53. The molecule has 0 bridgehead atoms. The van der Waals surface area contributed by atoms with E-state index in [-0.39, 0.29) is 44.4 Å². The van der Waals surface area contributed by atoms with E-state index in [9.17, 15) is 9.59 Å². The summed E-state index contributed by atoms with van der Waals surface area (Å²) in [7, 11) is 0. The molecule has 0 aromatic heterocycles. The Hall–Kier alpha value is -0.666. The summed E-state index contributed by atoms with van der Waals surface area (Å²) >= 11 is 0. The third kappa shape index (κ3) is 2.36. The molecule has 16 heavy (non-hydrogen) atoms. The van der Waals surface area contributed by atoms with Gasteiger partial charge in [0.05, 0.1) is 6.61 Å². The Labute approximate surface area is 119 Å². The van der Waals surface area contributed by atoms with Crippen molar-refractivity contribution < 1.29 is 47.0 Å². The molecule has 0 spiro atoms. The Bertz CT molecular complexity index is 414. The summed E-state index contributed by atoms with van der Waals surface area (Å²) < 4.78 is 4.83. The van der Waals surface area contributed by atoms with Gasteiger partial charge in [0.25, 0.3) is 5.97 Å². The van der Waals surface area contributed by atoms with Crippen molar-refractivity contribution in [2.75, 3.05) is 6.61 Å². The number of benzene rings is 1. The normalized spacial score (nSPS) is 13.1. The molecule has 1 aliphatic carbocycles. The number of rotatable bonds is 2.